The van der Waals surface area contributed by atoms with E-state index >= 15 is 0 Å². The van der Waals surface area contributed by atoms with Crippen molar-refractivity contribution in [3.63, 3.8) is 0 Å². The normalized spacial score (nSPS) is 19.3. The molecule has 1 fully saturated rings. The molecule has 1 aliphatic rings. The lowest BCUT2D eigenvalue weighted by Crippen LogP contribution is -2.46. The number of ether oxygens (including phenoxy) is 1. The Morgan fingerprint density at radius 1 is 1.48 bits per heavy atom. The molecule has 1 aliphatic heterocycles. The molecule has 2 heterocycles. The van der Waals surface area contributed by atoms with E-state index in [1.807, 2.05) is 6.20 Å². The predicted molar refractivity (Wildman–Crippen MR) is 87.8 cm³/mol. The summed E-state index contributed by atoms with van der Waals surface area (Å²) in [5.41, 5.74) is 2.53. The average molecular weight is 291 g/mol. The number of rotatable bonds is 6. The molecule has 1 saturated heterocycles. The first-order valence-electron chi connectivity index (χ1n) is 8.12. The zero-order valence-electron chi connectivity index (χ0n) is 13.9. The summed E-state index contributed by atoms with van der Waals surface area (Å²) in [6.45, 7) is 13.3. The molecule has 1 aromatic rings. The van der Waals surface area contributed by atoms with Gasteiger partial charge in [0.1, 0.15) is 5.82 Å². The van der Waals surface area contributed by atoms with Gasteiger partial charge in [-0.1, -0.05) is 20.8 Å². The second kappa shape index (κ2) is 7.76. The van der Waals surface area contributed by atoms with Gasteiger partial charge in [0.05, 0.1) is 19.3 Å². The minimum absolute atomic E-state index is 0.454. The van der Waals surface area contributed by atoms with Crippen LogP contribution < -0.4 is 10.2 Å². The summed E-state index contributed by atoms with van der Waals surface area (Å²) in [5.74, 6) is 1.80. The third kappa shape index (κ3) is 4.42. The topological polar surface area (TPSA) is 37.4 Å². The molecule has 1 aromatic heterocycles. The zero-order chi connectivity index (χ0) is 15.2. The summed E-state index contributed by atoms with van der Waals surface area (Å²) >= 11 is 0. The molecule has 0 amide bonds. The van der Waals surface area contributed by atoms with Crippen LogP contribution in [0.3, 0.4) is 0 Å². The van der Waals surface area contributed by atoms with Crippen molar-refractivity contribution in [3.05, 3.63) is 23.4 Å². The molecule has 0 bridgehead atoms. The SMILES string of the molecule is CCC1COCCN1c1ncc(CNCC(C)C)cc1C. The summed E-state index contributed by atoms with van der Waals surface area (Å²) in [7, 11) is 0. The number of aryl methyl sites for hydroxylation is 1. The highest BCUT2D eigenvalue weighted by molar-refractivity contribution is 5.48. The van der Waals surface area contributed by atoms with E-state index in [2.05, 4.69) is 44.0 Å². The quantitative estimate of drug-likeness (QED) is 0.874. The summed E-state index contributed by atoms with van der Waals surface area (Å²) in [6.07, 6.45) is 3.11. The van der Waals surface area contributed by atoms with Crippen molar-refractivity contribution in [1.82, 2.24) is 10.3 Å². The van der Waals surface area contributed by atoms with Crippen molar-refractivity contribution in [1.29, 1.82) is 0 Å². The van der Waals surface area contributed by atoms with E-state index in [0.29, 0.717) is 12.0 Å². The Morgan fingerprint density at radius 3 is 2.95 bits per heavy atom. The Labute approximate surface area is 128 Å². The highest BCUT2D eigenvalue weighted by Gasteiger charge is 2.23. The van der Waals surface area contributed by atoms with Crippen molar-refractivity contribution in [2.75, 3.05) is 31.2 Å². The fraction of sp³-hybridized carbons (Fsp3) is 0.706. The van der Waals surface area contributed by atoms with Crippen LogP contribution in [0.2, 0.25) is 0 Å². The maximum atomic E-state index is 5.58. The van der Waals surface area contributed by atoms with Crippen LogP contribution in [0.5, 0.6) is 0 Å². The van der Waals surface area contributed by atoms with Crippen LogP contribution in [0.4, 0.5) is 5.82 Å². The zero-order valence-corrected chi connectivity index (χ0v) is 13.9. The van der Waals surface area contributed by atoms with Crippen LogP contribution in [0.15, 0.2) is 12.3 Å². The molecule has 4 heteroatoms. The maximum absolute atomic E-state index is 5.58. The maximum Gasteiger partial charge on any atom is 0.131 e. The summed E-state index contributed by atoms with van der Waals surface area (Å²) in [5, 5.41) is 3.47. The summed E-state index contributed by atoms with van der Waals surface area (Å²) in [4.78, 5) is 7.14. The molecular weight excluding hydrogens is 262 g/mol. The minimum atomic E-state index is 0.454. The van der Waals surface area contributed by atoms with Gasteiger partial charge in [-0.25, -0.2) is 4.98 Å². The van der Waals surface area contributed by atoms with Gasteiger partial charge in [-0.2, -0.15) is 0 Å². The average Bonchev–Trinajstić information content (AvgIpc) is 2.47. The van der Waals surface area contributed by atoms with Crippen LogP contribution in [0, 0.1) is 12.8 Å². The van der Waals surface area contributed by atoms with Crippen LogP contribution in [0.1, 0.15) is 38.3 Å². The smallest absolute Gasteiger partial charge is 0.131 e. The first-order valence-corrected chi connectivity index (χ1v) is 8.12. The van der Waals surface area contributed by atoms with Crippen molar-refractivity contribution in [3.8, 4) is 0 Å². The number of morpholine rings is 1. The lowest BCUT2D eigenvalue weighted by atomic mass is 10.1. The first-order chi connectivity index (χ1) is 10.1. The van der Waals surface area contributed by atoms with Crippen LogP contribution in [-0.2, 0) is 11.3 Å². The molecule has 0 saturated carbocycles. The fourth-order valence-electron chi connectivity index (χ4n) is 2.80. The van der Waals surface area contributed by atoms with Crippen LogP contribution >= 0.6 is 0 Å². The molecule has 0 spiro atoms. The first kappa shape index (κ1) is 16.2. The molecule has 0 aromatic carbocycles. The molecule has 0 aliphatic carbocycles. The van der Waals surface area contributed by atoms with Gasteiger partial charge in [0.25, 0.3) is 0 Å². The van der Waals surface area contributed by atoms with Gasteiger partial charge in [0.15, 0.2) is 0 Å². The Hall–Kier alpha value is -1.13. The predicted octanol–water partition coefficient (Wildman–Crippen LogP) is 2.75. The number of pyridine rings is 1. The Bertz CT molecular complexity index is 448. The molecule has 1 N–H and O–H groups in total. The van der Waals surface area contributed by atoms with Gasteiger partial charge in [-0.3, -0.25) is 0 Å². The molecule has 21 heavy (non-hydrogen) atoms. The summed E-state index contributed by atoms with van der Waals surface area (Å²) < 4.78 is 5.58. The van der Waals surface area contributed by atoms with Crippen molar-refractivity contribution >= 4 is 5.82 Å². The number of nitrogens with zero attached hydrogens (tertiary/aromatic N) is 2. The molecule has 1 atom stereocenters. The largest absolute Gasteiger partial charge is 0.377 e. The Kier molecular flexibility index (Phi) is 6.00. The second-order valence-electron chi connectivity index (χ2n) is 6.34. The Morgan fingerprint density at radius 2 is 2.29 bits per heavy atom. The van der Waals surface area contributed by atoms with E-state index in [4.69, 9.17) is 9.72 Å². The van der Waals surface area contributed by atoms with E-state index in [0.717, 1.165) is 45.1 Å². The standard InChI is InChI=1S/C17H29N3O/c1-5-16-12-21-7-6-20(16)17-14(4)8-15(11-19-17)10-18-9-13(2)3/h8,11,13,16,18H,5-7,9-10,12H2,1-4H3. The molecule has 0 radical (unpaired) electrons. The van der Waals surface area contributed by atoms with E-state index < -0.39 is 0 Å². The van der Waals surface area contributed by atoms with Crippen molar-refractivity contribution in [2.45, 2.75) is 46.7 Å². The molecule has 118 valence electrons. The molecular formula is C17H29N3O. The number of nitrogens with one attached hydrogen (secondary N) is 1. The van der Waals surface area contributed by atoms with Gasteiger partial charge in [0, 0.05) is 19.3 Å². The monoisotopic (exact) mass is 291 g/mol. The minimum Gasteiger partial charge on any atom is -0.377 e. The van der Waals surface area contributed by atoms with Gasteiger partial charge in [-0.15, -0.1) is 0 Å². The Balaban J connectivity index is 2.04. The number of hydrogen-bond acceptors (Lipinski definition) is 4. The van der Waals surface area contributed by atoms with Crippen LogP contribution in [0.25, 0.3) is 0 Å². The second-order valence-corrected chi connectivity index (χ2v) is 6.34. The number of aromatic nitrogens is 1. The van der Waals surface area contributed by atoms with Crippen molar-refractivity contribution < 1.29 is 4.74 Å². The molecule has 4 nitrogen and oxygen atoms in total. The fourth-order valence-corrected chi connectivity index (χ4v) is 2.80. The van der Waals surface area contributed by atoms with E-state index in [9.17, 15) is 0 Å². The van der Waals surface area contributed by atoms with Gasteiger partial charge in [-0.05, 0) is 43.0 Å². The summed E-state index contributed by atoms with van der Waals surface area (Å²) in [6, 6.07) is 2.72. The van der Waals surface area contributed by atoms with E-state index in [-0.39, 0.29) is 0 Å². The van der Waals surface area contributed by atoms with Gasteiger partial charge >= 0.3 is 0 Å². The number of anilines is 1. The van der Waals surface area contributed by atoms with Gasteiger partial charge in [0.2, 0.25) is 0 Å². The van der Waals surface area contributed by atoms with Crippen molar-refractivity contribution in [2.24, 2.45) is 5.92 Å². The number of hydrogen-bond donors (Lipinski definition) is 1. The lowest BCUT2D eigenvalue weighted by Gasteiger charge is -2.36. The highest BCUT2D eigenvalue weighted by atomic mass is 16.5. The van der Waals surface area contributed by atoms with E-state index in [1.165, 1.54) is 11.1 Å². The van der Waals surface area contributed by atoms with E-state index in [1.54, 1.807) is 0 Å². The lowest BCUT2D eigenvalue weighted by molar-refractivity contribution is 0.0925. The third-order valence-corrected chi connectivity index (χ3v) is 3.96. The molecule has 2 rings (SSSR count). The van der Waals surface area contributed by atoms with Crippen LogP contribution in [-0.4, -0.2) is 37.3 Å². The molecule has 1 unspecified atom stereocenters. The third-order valence-electron chi connectivity index (χ3n) is 3.96. The van der Waals surface area contributed by atoms with Gasteiger partial charge < -0.3 is 15.0 Å². The highest BCUT2D eigenvalue weighted by Crippen LogP contribution is 2.23.